The first-order valence-corrected chi connectivity index (χ1v) is 8.04. The molecule has 0 radical (unpaired) electrons. The van der Waals surface area contributed by atoms with Gasteiger partial charge in [0.05, 0.1) is 17.9 Å². The van der Waals surface area contributed by atoms with Crippen molar-refractivity contribution in [3.63, 3.8) is 0 Å². The van der Waals surface area contributed by atoms with Crippen LogP contribution in [0.2, 0.25) is 0 Å². The van der Waals surface area contributed by atoms with Crippen LogP contribution in [0.3, 0.4) is 0 Å². The van der Waals surface area contributed by atoms with Crippen molar-refractivity contribution < 1.29 is 8.42 Å². The average Bonchev–Trinajstić information content (AvgIpc) is 2.64. The lowest BCUT2D eigenvalue weighted by Crippen LogP contribution is -2.17. The summed E-state index contributed by atoms with van der Waals surface area (Å²) in [6.07, 6.45) is 0. The molecule has 3 N–H and O–H groups in total. The van der Waals surface area contributed by atoms with Gasteiger partial charge in [-0.05, 0) is 32.9 Å². The van der Waals surface area contributed by atoms with E-state index in [0.717, 1.165) is 5.69 Å². The van der Waals surface area contributed by atoms with E-state index in [9.17, 15) is 8.42 Å². The molecule has 0 aliphatic heterocycles. The van der Waals surface area contributed by atoms with Crippen LogP contribution in [0, 0.1) is 20.8 Å². The van der Waals surface area contributed by atoms with Gasteiger partial charge in [-0.3, -0.25) is 9.40 Å². The number of nitrogens with two attached hydrogens (primary N) is 1. The molecule has 0 atom stereocenters. The van der Waals surface area contributed by atoms with Crippen LogP contribution in [0.15, 0.2) is 23.1 Å². The number of aromatic nitrogens is 3. The van der Waals surface area contributed by atoms with Gasteiger partial charge in [0, 0.05) is 12.2 Å². The quantitative estimate of drug-likeness (QED) is 0.856. The van der Waals surface area contributed by atoms with Crippen molar-refractivity contribution >= 4 is 15.8 Å². The predicted octanol–water partition coefficient (Wildman–Crippen LogP) is 0.963. The maximum atomic E-state index is 12.5. The van der Waals surface area contributed by atoms with Crippen molar-refractivity contribution in [1.82, 2.24) is 14.8 Å². The summed E-state index contributed by atoms with van der Waals surface area (Å²) >= 11 is 0. The zero-order valence-electron chi connectivity index (χ0n) is 12.3. The molecule has 2 aromatic rings. The zero-order valence-corrected chi connectivity index (χ0v) is 13.1. The molecule has 2 aromatic heterocycles. The Hall–Kier alpha value is -1.93. The largest absolute Gasteiger partial charge is 0.329 e. The first-order valence-electron chi connectivity index (χ1n) is 6.55. The van der Waals surface area contributed by atoms with E-state index in [1.165, 1.54) is 0 Å². The molecule has 0 spiro atoms. The van der Waals surface area contributed by atoms with Gasteiger partial charge in [-0.25, -0.2) is 13.4 Å². The van der Waals surface area contributed by atoms with E-state index in [2.05, 4.69) is 14.8 Å². The van der Waals surface area contributed by atoms with E-state index in [1.54, 1.807) is 43.7 Å². The molecule has 0 saturated heterocycles. The van der Waals surface area contributed by atoms with E-state index < -0.39 is 10.0 Å². The second-order valence-corrected chi connectivity index (χ2v) is 6.40. The number of pyridine rings is 1. The maximum absolute atomic E-state index is 12.5. The molecule has 2 heterocycles. The molecule has 0 saturated carbocycles. The number of nitrogens with zero attached hydrogens (tertiary/aromatic N) is 3. The van der Waals surface area contributed by atoms with Crippen molar-refractivity contribution in [2.45, 2.75) is 32.2 Å². The molecule has 0 unspecified atom stereocenters. The highest BCUT2D eigenvalue weighted by molar-refractivity contribution is 7.92. The second kappa shape index (κ2) is 5.82. The summed E-state index contributed by atoms with van der Waals surface area (Å²) in [6, 6.07) is 5.16. The van der Waals surface area contributed by atoms with Crippen LogP contribution >= 0.6 is 0 Å². The summed E-state index contributed by atoms with van der Waals surface area (Å²) in [5, 5.41) is 4.22. The summed E-state index contributed by atoms with van der Waals surface area (Å²) in [4.78, 5) is 4.33. The molecule has 2 rings (SSSR count). The summed E-state index contributed by atoms with van der Waals surface area (Å²) in [7, 11) is -3.73. The molecule has 7 nitrogen and oxygen atoms in total. The van der Waals surface area contributed by atoms with Gasteiger partial charge in [0.15, 0.2) is 0 Å². The Morgan fingerprint density at radius 1 is 1.29 bits per heavy atom. The fraction of sp³-hybridized carbons (Fsp3) is 0.385. The summed E-state index contributed by atoms with van der Waals surface area (Å²) in [5.74, 6) is 0.292. The molecule has 0 aromatic carbocycles. The molecule has 21 heavy (non-hydrogen) atoms. The molecule has 0 amide bonds. The van der Waals surface area contributed by atoms with E-state index >= 15 is 0 Å². The van der Waals surface area contributed by atoms with Crippen molar-refractivity contribution in [2.24, 2.45) is 5.73 Å². The molecule has 0 aliphatic carbocycles. The normalized spacial score (nSPS) is 11.6. The van der Waals surface area contributed by atoms with E-state index in [1.807, 2.05) is 0 Å². The van der Waals surface area contributed by atoms with Gasteiger partial charge < -0.3 is 5.73 Å². The van der Waals surface area contributed by atoms with Crippen LogP contribution in [0.5, 0.6) is 0 Å². The van der Waals surface area contributed by atoms with Crippen LogP contribution in [-0.2, 0) is 16.6 Å². The Bertz CT molecular complexity index is 752. The lowest BCUT2D eigenvalue weighted by atomic mass is 10.4. The molecule has 0 fully saturated rings. The van der Waals surface area contributed by atoms with Crippen LogP contribution in [0.1, 0.15) is 17.1 Å². The lowest BCUT2D eigenvalue weighted by molar-refractivity contribution is 0.593. The highest BCUT2D eigenvalue weighted by Crippen LogP contribution is 2.21. The SMILES string of the molecule is Cc1cccc(NS(=O)(=O)c2c(C)nn(CCN)c2C)n1. The smallest absolute Gasteiger partial charge is 0.266 e. The highest BCUT2D eigenvalue weighted by Gasteiger charge is 2.24. The van der Waals surface area contributed by atoms with Crippen molar-refractivity contribution in [1.29, 1.82) is 0 Å². The topological polar surface area (TPSA) is 103 Å². The first-order chi connectivity index (χ1) is 9.85. The van der Waals surface area contributed by atoms with Crippen LogP contribution in [0.25, 0.3) is 0 Å². The summed E-state index contributed by atoms with van der Waals surface area (Å²) in [6.45, 7) is 6.05. The van der Waals surface area contributed by atoms with E-state index in [-0.39, 0.29) is 4.90 Å². The fourth-order valence-corrected chi connectivity index (χ4v) is 3.61. The molecule has 0 bridgehead atoms. The third-order valence-corrected chi connectivity index (χ3v) is 4.66. The fourth-order valence-electron chi connectivity index (χ4n) is 2.20. The van der Waals surface area contributed by atoms with Crippen molar-refractivity contribution in [2.75, 3.05) is 11.3 Å². The molecular formula is C13H19N5O2S. The number of hydrogen-bond acceptors (Lipinski definition) is 5. The van der Waals surface area contributed by atoms with E-state index in [0.29, 0.717) is 30.3 Å². The predicted molar refractivity (Wildman–Crippen MR) is 80.5 cm³/mol. The second-order valence-electron chi connectivity index (χ2n) is 4.78. The number of aryl methyl sites for hydroxylation is 2. The van der Waals surface area contributed by atoms with Gasteiger partial charge in [0.2, 0.25) is 0 Å². The Labute approximate surface area is 124 Å². The van der Waals surface area contributed by atoms with Crippen molar-refractivity contribution in [3.05, 3.63) is 35.3 Å². The number of sulfonamides is 1. The summed E-state index contributed by atoms with van der Waals surface area (Å²) < 4.78 is 29.2. The monoisotopic (exact) mass is 309 g/mol. The zero-order chi connectivity index (χ0) is 15.6. The Morgan fingerprint density at radius 2 is 2.00 bits per heavy atom. The van der Waals surface area contributed by atoms with E-state index in [4.69, 9.17) is 5.73 Å². The highest BCUT2D eigenvalue weighted by atomic mass is 32.2. The third-order valence-electron chi connectivity index (χ3n) is 3.05. The van der Waals surface area contributed by atoms with Gasteiger partial charge in [0.25, 0.3) is 10.0 Å². The standard InChI is InChI=1S/C13H19N5O2S/c1-9-5-4-6-12(15-9)17-21(19,20)13-10(2)16-18(8-7-14)11(13)3/h4-6H,7-8,14H2,1-3H3,(H,15,17). The molecule has 8 heteroatoms. The average molecular weight is 309 g/mol. The number of rotatable bonds is 5. The van der Waals surface area contributed by atoms with Gasteiger partial charge in [-0.15, -0.1) is 0 Å². The minimum atomic E-state index is -3.73. The van der Waals surface area contributed by atoms with Gasteiger partial charge in [0.1, 0.15) is 10.7 Å². The summed E-state index contributed by atoms with van der Waals surface area (Å²) in [5.41, 5.74) is 7.25. The Balaban J connectivity index is 2.40. The minimum absolute atomic E-state index is 0.180. The minimum Gasteiger partial charge on any atom is -0.329 e. The molecular weight excluding hydrogens is 290 g/mol. The van der Waals surface area contributed by atoms with Gasteiger partial charge in [-0.1, -0.05) is 6.07 Å². The lowest BCUT2D eigenvalue weighted by Gasteiger charge is -2.08. The van der Waals surface area contributed by atoms with Gasteiger partial charge in [-0.2, -0.15) is 5.10 Å². The number of hydrogen-bond donors (Lipinski definition) is 2. The number of anilines is 1. The molecule has 114 valence electrons. The van der Waals surface area contributed by atoms with Crippen LogP contribution in [0.4, 0.5) is 5.82 Å². The maximum Gasteiger partial charge on any atom is 0.266 e. The van der Waals surface area contributed by atoms with Gasteiger partial charge >= 0.3 is 0 Å². The van der Waals surface area contributed by atoms with Crippen LogP contribution < -0.4 is 10.5 Å². The number of nitrogens with one attached hydrogen (secondary N) is 1. The third kappa shape index (κ3) is 3.22. The molecule has 0 aliphatic rings. The first kappa shape index (κ1) is 15.5. The Kier molecular flexibility index (Phi) is 4.29. The van der Waals surface area contributed by atoms with Crippen LogP contribution in [-0.4, -0.2) is 29.7 Å². The van der Waals surface area contributed by atoms with Crippen molar-refractivity contribution in [3.8, 4) is 0 Å². The Morgan fingerprint density at radius 3 is 2.62 bits per heavy atom.